The third kappa shape index (κ3) is 2.07. The van der Waals surface area contributed by atoms with E-state index in [0.29, 0.717) is 15.9 Å². The molecule has 0 aliphatic carbocycles. The van der Waals surface area contributed by atoms with Gasteiger partial charge in [-0.25, -0.2) is 9.37 Å². The van der Waals surface area contributed by atoms with Gasteiger partial charge in [0.2, 0.25) is 0 Å². The highest BCUT2D eigenvalue weighted by molar-refractivity contribution is 6.36. The highest BCUT2D eigenvalue weighted by Gasteiger charge is 2.13. The molecule has 0 bridgehead atoms. The van der Waals surface area contributed by atoms with Gasteiger partial charge in [0.25, 0.3) is 0 Å². The summed E-state index contributed by atoms with van der Waals surface area (Å²) < 4.78 is 13.8. The van der Waals surface area contributed by atoms with Crippen molar-refractivity contribution in [2.45, 2.75) is 19.8 Å². The first-order valence-electron chi connectivity index (χ1n) is 5.51. The van der Waals surface area contributed by atoms with Gasteiger partial charge in [-0.15, -0.1) is 0 Å². The fourth-order valence-corrected chi connectivity index (χ4v) is 2.04. The van der Waals surface area contributed by atoms with E-state index in [-0.39, 0.29) is 11.7 Å². The van der Waals surface area contributed by atoms with Crippen LogP contribution in [0.25, 0.3) is 10.9 Å². The Labute approximate surface area is 105 Å². The lowest BCUT2D eigenvalue weighted by atomic mass is 10.1. The maximum atomic E-state index is 13.8. The number of aromatic nitrogens is 1. The lowest BCUT2D eigenvalue weighted by molar-refractivity contribution is 0.635. The number of nitrogens with zero attached hydrogens (tertiary/aromatic N) is 1. The number of fused-ring (bicyclic) bond motifs is 1. The summed E-state index contributed by atoms with van der Waals surface area (Å²) in [6, 6.07) is 4.82. The molecule has 0 aliphatic rings. The Kier molecular flexibility index (Phi) is 3.20. The van der Waals surface area contributed by atoms with Gasteiger partial charge in [0, 0.05) is 23.8 Å². The van der Waals surface area contributed by atoms with Crippen molar-refractivity contribution in [1.29, 1.82) is 0 Å². The lowest BCUT2D eigenvalue weighted by Gasteiger charge is -2.12. The molecule has 1 aromatic heterocycles. The van der Waals surface area contributed by atoms with Crippen molar-refractivity contribution < 1.29 is 4.39 Å². The fourth-order valence-electron chi connectivity index (χ4n) is 1.78. The van der Waals surface area contributed by atoms with Crippen LogP contribution in [0.4, 0.5) is 10.1 Å². The standard InChI is InChI=1S/C13H14ClFN2/c1-7(2)10-6-11(16-3)12-8(14)4-5-9(15)13(12)17-10/h4-7H,1-3H3,(H,16,17). The third-order valence-corrected chi connectivity index (χ3v) is 3.06. The Morgan fingerprint density at radius 3 is 2.65 bits per heavy atom. The molecule has 0 saturated carbocycles. The van der Waals surface area contributed by atoms with E-state index < -0.39 is 0 Å². The summed E-state index contributed by atoms with van der Waals surface area (Å²) in [4.78, 5) is 4.34. The number of pyridine rings is 1. The summed E-state index contributed by atoms with van der Waals surface area (Å²) >= 11 is 6.10. The zero-order valence-electron chi connectivity index (χ0n) is 10.0. The Bertz CT molecular complexity index is 567. The molecule has 0 aliphatic heterocycles. The highest BCUT2D eigenvalue weighted by atomic mass is 35.5. The van der Waals surface area contributed by atoms with Gasteiger partial charge < -0.3 is 5.32 Å². The number of benzene rings is 1. The van der Waals surface area contributed by atoms with Gasteiger partial charge in [-0.3, -0.25) is 0 Å². The second-order valence-corrected chi connectivity index (χ2v) is 4.66. The van der Waals surface area contributed by atoms with E-state index in [0.717, 1.165) is 11.4 Å². The van der Waals surface area contributed by atoms with Crippen LogP contribution in [0.15, 0.2) is 18.2 Å². The molecule has 0 fully saturated rings. The van der Waals surface area contributed by atoms with Gasteiger partial charge in [0.15, 0.2) is 0 Å². The van der Waals surface area contributed by atoms with Crippen LogP contribution < -0.4 is 5.32 Å². The summed E-state index contributed by atoms with van der Waals surface area (Å²) in [5.41, 5.74) is 1.99. The van der Waals surface area contributed by atoms with Crippen molar-refractivity contribution in [3.05, 3.63) is 34.7 Å². The van der Waals surface area contributed by atoms with Crippen molar-refractivity contribution >= 4 is 28.2 Å². The Morgan fingerprint density at radius 1 is 1.35 bits per heavy atom. The minimum absolute atomic E-state index is 0.241. The summed E-state index contributed by atoms with van der Waals surface area (Å²) in [6.07, 6.45) is 0. The van der Waals surface area contributed by atoms with E-state index >= 15 is 0 Å². The van der Waals surface area contributed by atoms with Crippen LogP contribution in [0.5, 0.6) is 0 Å². The molecule has 0 unspecified atom stereocenters. The van der Waals surface area contributed by atoms with Gasteiger partial charge in [-0.05, 0) is 24.1 Å². The van der Waals surface area contributed by atoms with Gasteiger partial charge in [0.05, 0.1) is 5.02 Å². The topological polar surface area (TPSA) is 24.9 Å². The number of rotatable bonds is 2. The molecule has 2 nitrogen and oxygen atoms in total. The minimum Gasteiger partial charge on any atom is -0.387 e. The summed E-state index contributed by atoms with van der Waals surface area (Å²) in [6.45, 7) is 4.05. The Balaban J connectivity index is 2.87. The van der Waals surface area contributed by atoms with Crippen LogP contribution in [0.2, 0.25) is 5.02 Å². The molecule has 2 rings (SSSR count). The first-order valence-corrected chi connectivity index (χ1v) is 5.88. The zero-order chi connectivity index (χ0) is 12.6. The molecule has 17 heavy (non-hydrogen) atoms. The largest absolute Gasteiger partial charge is 0.387 e. The van der Waals surface area contributed by atoms with E-state index in [9.17, 15) is 4.39 Å². The summed E-state index contributed by atoms with van der Waals surface area (Å²) in [5.74, 6) is -0.103. The van der Waals surface area contributed by atoms with Crippen LogP contribution >= 0.6 is 11.6 Å². The van der Waals surface area contributed by atoms with E-state index in [1.165, 1.54) is 6.07 Å². The highest BCUT2D eigenvalue weighted by Crippen LogP contribution is 2.33. The predicted molar refractivity (Wildman–Crippen MR) is 70.3 cm³/mol. The molecule has 0 radical (unpaired) electrons. The number of hydrogen-bond donors (Lipinski definition) is 1. The molecule has 0 saturated heterocycles. The van der Waals surface area contributed by atoms with E-state index in [1.54, 1.807) is 13.1 Å². The van der Waals surface area contributed by atoms with E-state index in [2.05, 4.69) is 10.3 Å². The monoisotopic (exact) mass is 252 g/mol. The Hall–Kier alpha value is -1.35. The molecule has 4 heteroatoms. The molecule has 0 atom stereocenters. The van der Waals surface area contributed by atoms with Crippen molar-refractivity contribution in [2.75, 3.05) is 12.4 Å². The molecule has 90 valence electrons. The van der Waals surface area contributed by atoms with Crippen LogP contribution in [0.3, 0.4) is 0 Å². The fraction of sp³-hybridized carbons (Fsp3) is 0.308. The van der Waals surface area contributed by atoms with Crippen LogP contribution in [0, 0.1) is 5.82 Å². The third-order valence-electron chi connectivity index (χ3n) is 2.74. The average molecular weight is 253 g/mol. The molecule has 1 aromatic carbocycles. The second kappa shape index (κ2) is 4.49. The zero-order valence-corrected chi connectivity index (χ0v) is 10.8. The smallest absolute Gasteiger partial charge is 0.149 e. The van der Waals surface area contributed by atoms with Gasteiger partial charge >= 0.3 is 0 Å². The first-order chi connectivity index (χ1) is 8.04. The van der Waals surface area contributed by atoms with Crippen LogP contribution in [-0.4, -0.2) is 12.0 Å². The number of hydrogen-bond acceptors (Lipinski definition) is 2. The molecule has 0 spiro atoms. The average Bonchev–Trinajstić information content (AvgIpc) is 2.32. The van der Waals surface area contributed by atoms with Gasteiger partial charge in [0.1, 0.15) is 11.3 Å². The molecule has 1 N–H and O–H groups in total. The maximum Gasteiger partial charge on any atom is 0.149 e. The summed E-state index contributed by atoms with van der Waals surface area (Å²) in [5, 5.41) is 4.19. The lowest BCUT2D eigenvalue weighted by Crippen LogP contribution is -2.00. The molecule has 2 aromatic rings. The molecule has 0 amide bonds. The van der Waals surface area contributed by atoms with Crippen LogP contribution in [-0.2, 0) is 0 Å². The minimum atomic E-state index is -0.344. The van der Waals surface area contributed by atoms with Crippen molar-refractivity contribution in [1.82, 2.24) is 4.98 Å². The molecular formula is C13H14ClFN2. The number of anilines is 1. The second-order valence-electron chi connectivity index (χ2n) is 4.25. The van der Waals surface area contributed by atoms with E-state index in [4.69, 9.17) is 11.6 Å². The maximum absolute atomic E-state index is 13.8. The quantitative estimate of drug-likeness (QED) is 0.867. The SMILES string of the molecule is CNc1cc(C(C)C)nc2c(F)ccc(Cl)c12. The molecular weight excluding hydrogens is 239 g/mol. The van der Waals surface area contributed by atoms with Crippen molar-refractivity contribution in [3.63, 3.8) is 0 Å². The summed E-state index contributed by atoms with van der Waals surface area (Å²) in [7, 11) is 1.79. The van der Waals surface area contributed by atoms with Crippen molar-refractivity contribution in [2.24, 2.45) is 0 Å². The Morgan fingerprint density at radius 2 is 2.06 bits per heavy atom. The van der Waals surface area contributed by atoms with Gasteiger partial charge in [-0.2, -0.15) is 0 Å². The predicted octanol–water partition coefficient (Wildman–Crippen LogP) is 4.19. The normalized spacial score (nSPS) is 11.2. The van der Waals surface area contributed by atoms with E-state index in [1.807, 2.05) is 19.9 Å². The number of halogens is 2. The van der Waals surface area contributed by atoms with Crippen LogP contribution in [0.1, 0.15) is 25.5 Å². The number of nitrogens with one attached hydrogen (secondary N) is 1. The molecule has 1 heterocycles. The first kappa shape index (κ1) is 12.1. The van der Waals surface area contributed by atoms with Crippen molar-refractivity contribution in [3.8, 4) is 0 Å². The van der Waals surface area contributed by atoms with Gasteiger partial charge in [-0.1, -0.05) is 25.4 Å².